The van der Waals surface area contributed by atoms with Crippen LogP contribution in [0.2, 0.25) is 0 Å². The van der Waals surface area contributed by atoms with Gasteiger partial charge in [0, 0.05) is 11.9 Å². The molecule has 2 heterocycles. The van der Waals surface area contributed by atoms with E-state index in [2.05, 4.69) is 5.32 Å². The molecule has 2 atom stereocenters. The van der Waals surface area contributed by atoms with Crippen molar-refractivity contribution in [2.75, 3.05) is 13.2 Å². The van der Waals surface area contributed by atoms with E-state index in [1.54, 1.807) is 6.92 Å². The highest BCUT2D eigenvalue weighted by atomic mass is 16.5. The molecule has 0 bridgehead atoms. The number of benzene rings is 1. The molecule has 1 fully saturated rings. The molecule has 0 aliphatic carbocycles. The van der Waals surface area contributed by atoms with Crippen LogP contribution < -0.4 is 5.32 Å². The maximum absolute atomic E-state index is 11.9. The average molecular weight is 273 g/mol. The van der Waals surface area contributed by atoms with Crippen molar-refractivity contribution in [1.29, 1.82) is 0 Å². The zero-order valence-electron chi connectivity index (χ0n) is 11.1. The Labute approximate surface area is 115 Å². The first-order chi connectivity index (χ1) is 9.70. The number of hydrogen-bond acceptors (Lipinski definition) is 4. The van der Waals surface area contributed by atoms with Crippen molar-refractivity contribution in [3.63, 3.8) is 0 Å². The van der Waals surface area contributed by atoms with Crippen LogP contribution in [0.3, 0.4) is 0 Å². The van der Waals surface area contributed by atoms with Gasteiger partial charge in [0.25, 0.3) is 0 Å². The van der Waals surface area contributed by atoms with Crippen LogP contribution in [0, 0.1) is 5.92 Å². The molecule has 0 spiro atoms. The van der Waals surface area contributed by atoms with Crippen molar-refractivity contribution < 1.29 is 18.7 Å². The first-order valence-corrected chi connectivity index (χ1v) is 6.63. The molecule has 3 rings (SSSR count). The molecule has 0 radical (unpaired) electrons. The molecule has 1 aliphatic heterocycles. The summed E-state index contributed by atoms with van der Waals surface area (Å²) in [5.41, 5.74) is 0.754. The van der Waals surface area contributed by atoms with Crippen molar-refractivity contribution in [3.05, 3.63) is 36.1 Å². The van der Waals surface area contributed by atoms with Gasteiger partial charge in [-0.1, -0.05) is 18.2 Å². The molecule has 2 unspecified atom stereocenters. The van der Waals surface area contributed by atoms with Gasteiger partial charge in [-0.25, -0.2) is 0 Å². The van der Waals surface area contributed by atoms with Gasteiger partial charge in [-0.15, -0.1) is 0 Å². The molecule has 1 saturated heterocycles. The van der Waals surface area contributed by atoms with Crippen LogP contribution in [-0.4, -0.2) is 25.0 Å². The highest BCUT2D eigenvalue weighted by molar-refractivity contribution is 6.00. The quantitative estimate of drug-likeness (QED) is 0.684. The summed E-state index contributed by atoms with van der Waals surface area (Å²) in [6.45, 7) is 2.37. The molecular formula is C15H15NO4. The van der Waals surface area contributed by atoms with E-state index in [1.807, 2.05) is 30.3 Å². The van der Waals surface area contributed by atoms with Gasteiger partial charge in [0.15, 0.2) is 0 Å². The van der Waals surface area contributed by atoms with Crippen LogP contribution in [0.4, 0.5) is 0 Å². The molecule has 1 aromatic carbocycles. The zero-order chi connectivity index (χ0) is 14.1. The van der Waals surface area contributed by atoms with Crippen LogP contribution in [0.1, 0.15) is 18.6 Å². The molecule has 20 heavy (non-hydrogen) atoms. The minimum absolute atomic E-state index is 0.259. The largest absolute Gasteiger partial charge is 0.465 e. The number of nitrogens with one attached hydrogen (secondary N) is 1. The summed E-state index contributed by atoms with van der Waals surface area (Å²) in [6, 6.07) is 9.49. The van der Waals surface area contributed by atoms with Gasteiger partial charge in [-0.05, 0) is 19.1 Å². The molecular weight excluding hydrogens is 258 g/mol. The Bertz CT molecular complexity index is 628. The minimum atomic E-state index is -0.824. The second-order valence-electron chi connectivity index (χ2n) is 4.77. The Hall–Kier alpha value is -2.30. The van der Waals surface area contributed by atoms with E-state index in [9.17, 15) is 9.59 Å². The SMILES string of the molecule is CCOC(=O)C1C(=O)NCC1c1cc2ccccc2o1. The third-order valence-corrected chi connectivity index (χ3v) is 3.53. The van der Waals surface area contributed by atoms with Gasteiger partial charge in [0.2, 0.25) is 5.91 Å². The van der Waals surface area contributed by atoms with E-state index in [4.69, 9.17) is 9.15 Å². The van der Waals surface area contributed by atoms with Crippen LogP contribution in [0.5, 0.6) is 0 Å². The van der Waals surface area contributed by atoms with Crippen LogP contribution in [-0.2, 0) is 14.3 Å². The predicted molar refractivity (Wildman–Crippen MR) is 72.1 cm³/mol. The van der Waals surface area contributed by atoms with Crippen LogP contribution in [0.15, 0.2) is 34.7 Å². The highest BCUT2D eigenvalue weighted by Crippen LogP contribution is 2.33. The second-order valence-corrected chi connectivity index (χ2v) is 4.77. The Balaban J connectivity index is 1.95. The summed E-state index contributed by atoms with van der Waals surface area (Å²) in [5.74, 6) is -1.28. The van der Waals surface area contributed by atoms with E-state index < -0.39 is 11.9 Å². The Kier molecular flexibility index (Phi) is 3.18. The minimum Gasteiger partial charge on any atom is -0.465 e. The number of esters is 1. The summed E-state index contributed by atoms with van der Waals surface area (Å²) >= 11 is 0. The summed E-state index contributed by atoms with van der Waals surface area (Å²) in [6.07, 6.45) is 0. The number of carbonyl (C=O) groups is 2. The molecule has 1 aromatic heterocycles. The number of amides is 1. The lowest BCUT2D eigenvalue weighted by Crippen LogP contribution is -2.28. The Morgan fingerprint density at radius 2 is 2.25 bits per heavy atom. The van der Waals surface area contributed by atoms with Crippen molar-refractivity contribution in [2.24, 2.45) is 5.92 Å². The summed E-state index contributed by atoms with van der Waals surface area (Å²) in [7, 11) is 0. The maximum Gasteiger partial charge on any atom is 0.319 e. The van der Waals surface area contributed by atoms with Crippen LogP contribution in [0.25, 0.3) is 11.0 Å². The number of carbonyl (C=O) groups excluding carboxylic acids is 2. The second kappa shape index (κ2) is 5.00. The van der Waals surface area contributed by atoms with E-state index >= 15 is 0 Å². The number of ether oxygens (including phenoxy) is 1. The zero-order valence-corrected chi connectivity index (χ0v) is 11.1. The van der Waals surface area contributed by atoms with Crippen molar-refractivity contribution in [3.8, 4) is 0 Å². The van der Waals surface area contributed by atoms with E-state index in [1.165, 1.54) is 0 Å². The lowest BCUT2D eigenvalue weighted by Gasteiger charge is -2.12. The van der Waals surface area contributed by atoms with E-state index in [-0.39, 0.29) is 18.4 Å². The van der Waals surface area contributed by atoms with Crippen molar-refractivity contribution >= 4 is 22.8 Å². The van der Waals surface area contributed by atoms with Gasteiger partial charge in [0.1, 0.15) is 17.3 Å². The van der Waals surface area contributed by atoms with Crippen LogP contribution >= 0.6 is 0 Å². The molecule has 1 aliphatic rings. The highest BCUT2D eigenvalue weighted by Gasteiger charge is 2.43. The molecule has 5 nitrogen and oxygen atoms in total. The van der Waals surface area contributed by atoms with Gasteiger partial charge in [-0.3, -0.25) is 9.59 Å². The van der Waals surface area contributed by atoms with Gasteiger partial charge in [0.05, 0.1) is 12.5 Å². The number of fused-ring (bicyclic) bond motifs is 1. The lowest BCUT2D eigenvalue weighted by molar-refractivity contribution is -0.151. The molecule has 1 amide bonds. The summed E-state index contributed by atoms with van der Waals surface area (Å²) in [5, 5.41) is 3.66. The average Bonchev–Trinajstić information content (AvgIpc) is 3.01. The third-order valence-electron chi connectivity index (χ3n) is 3.53. The molecule has 104 valence electrons. The maximum atomic E-state index is 11.9. The summed E-state index contributed by atoms with van der Waals surface area (Å²) < 4.78 is 10.7. The number of rotatable bonds is 3. The van der Waals surface area contributed by atoms with Gasteiger partial charge >= 0.3 is 5.97 Å². The van der Waals surface area contributed by atoms with E-state index in [0.29, 0.717) is 12.3 Å². The van der Waals surface area contributed by atoms with E-state index in [0.717, 1.165) is 11.0 Å². The monoisotopic (exact) mass is 273 g/mol. The fourth-order valence-corrected chi connectivity index (χ4v) is 2.57. The normalized spacial score (nSPS) is 21.9. The Morgan fingerprint density at radius 3 is 3.00 bits per heavy atom. The molecule has 2 aromatic rings. The van der Waals surface area contributed by atoms with Crippen molar-refractivity contribution in [1.82, 2.24) is 5.32 Å². The van der Waals surface area contributed by atoms with Crippen molar-refractivity contribution in [2.45, 2.75) is 12.8 Å². The van der Waals surface area contributed by atoms with Gasteiger partial charge < -0.3 is 14.5 Å². The number of para-hydroxylation sites is 1. The Morgan fingerprint density at radius 1 is 1.45 bits per heavy atom. The lowest BCUT2D eigenvalue weighted by atomic mass is 9.93. The molecule has 0 saturated carbocycles. The number of hydrogen-bond donors (Lipinski definition) is 1. The van der Waals surface area contributed by atoms with Gasteiger partial charge in [-0.2, -0.15) is 0 Å². The fraction of sp³-hybridized carbons (Fsp3) is 0.333. The first-order valence-electron chi connectivity index (χ1n) is 6.63. The molecule has 5 heteroatoms. The summed E-state index contributed by atoms with van der Waals surface area (Å²) in [4.78, 5) is 23.8. The molecule has 1 N–H and O–H groups in total. The third kappa shape index (κ3) is 2.05. The predicted octanol–water partition coefficient (Wildman–Crippen LogP) is 1.83. The fourth-order valence-electron chi connectivity index (χ4n) is 2.57. The standard InChI is InChI=1S/C15H15NO4/c1-2-19-15(18)13-10(8-16-14(13)17)12-7-9-5-3-4-6-11(9)20-12/h3-7,10,13H,2,8H2,1H3,(H,16,17). The topological polar surface area (TPSA) is 68.5 Å². The first kappa shape index (κ1) is 12.7. The number of furan rings is 1. The smallest absolute Gasteiger partial charge is 0.319 e.